The Balaban J connectivity index is 1.50. The molecule has 0 spiro atoms. The normalized spacial score (nSPS) is 19.4. The Morgan fingerprint density at radius 1 is 1.21 bits per heavy atom. The molecular weight excluding hydrogens is 360 g/mol. The number of carbonyl (C=O) groups is 2. The predicted molar refractivity (Wildman–Crippen MR) is 100 cm³/mol. The van der Waals surface area contributed by atoms with Crippen molar-refractivity contribution in [2.24, 2.45) is 7.05 Å². The molecule has 10 nitrogen and oxygen atoms in total. The molecule has 4 rings (SSSR count). The molecule has 1 N–H and O–H groups in total. The van der Waals surface area contributed by atoms with Crippen LogP contribution in [0.5, 0.6) is 0 Å². The molecule has 2 aliphatic rings. The topological polar surface area (TPSA) is 101 Å². The number of nitrogens with zero attached hydrogens (tertiary/aromatic N) is 7. The summed E-state index contributed by atoms with van der Waals surface area (Å²) >= 11 is 0. The van der Waals surface area contributed by atoms with Crippen LogP contribution < -0.4 is 5.32 Å². The van der Waals surface area contributed by atoms with Crippen molar-refractivity contribution in [1.29, 1.82) is 0 Å². The number of hydrogen-bond donors (Lipinski definition) is 1. The standard InChI is InChI=1S/C18H26N8O2/c1-12(2)19-18(28)17-21-20-16-14-11-25(7-6-24(14)8-9-26(16)17)15(27)10-13-4-5-23(3)22-13/h4-5,12,14H,6-11H2,1-3H3,(H,19,28)/t14-/m0/s1. The van der Waals surface area contributed by atoms with Crippen molar-refractivity contribution in [3.8, 4) is 0 Å². The number of aryl methyl sites for hydroxylation is 1. The van der Waals surface area contributed by atoms with Crippen molar-refractivity contribution in [3.05, 3.63) is 29.6 Å². The third-order valence-corrected chi connectivity index (χ3v) is 5.26. The Hall–Kier alpha value is -2.75. The van der Waals surface area contributed by atoms with Gasteiger partial charge in [0.2, 0.25) is 11.7 Å². The summed E-state index contributed by atoms with van der Waals surface area (Å²) in [4.78, 5) is 29.3. The number of fused-ring (bicyclic) bond motifs is 3. The SMILES string of the molecule is CC(C)NC(=O)c1nnc2n1CCN1CCN(C(=O)Cc3ccn(C)n3)C[C@@H]21. The number of amides is 2. The fourth-order valence-electron chi connectivity index (χ4n) is 3.89. The first-order chi connectivity index (χ1) is 13.4. The van der Waals surface area contributed by atoms with Crippen molar-refractivity contribution in [3.63, 3.8) is 0 Å². The van der Waals surface area contributed by atoms with Crippen molar-refractivity contribution in [2.75, 3.05) is 26.2 Å². The van der Waals surface area contributed by atoms with Crippen molar-refractivity contribution in [1.82, 2.24) is 39.7 Å². The van der Waals surface area contributed by atoms with E-state index < -0.39 is 0 Å². The average molecular weight is 386 g/mol. The lowest BCUT2D eigenvalue weighted by atomic mass is 10.1. The first kappa shape index (κ1) is 18.6. The molecule has 4 heterocycles. The van der Waals surface area contributed by atoms with E-state index >= 15 is 0 Å². The Labute approximate surface area is 163 Å². The number of nitrogens with one attached hydrogen (secondary N) is 1. The molecule has 2 aromatic rings. The second-order valence-electron chi connectivity index (χ2n) is 7.71. The molecule has 1 atom stereocenters. The summed E-state index contributed by atoms with van der Waals surface area (Å²) in [5, 5.41) is 15.6. The van der Waals surface area contributed by atoms with Crippen LogP contribution in [-0.2, 0) is 24.8 Å². The first-order valence-electron chi connectivity index (χ1n) is 9.66. The first-order valence-corrected chi connectivity index (χ1v) is 9.66. The fraction of sp³-hybridized carbons (Fsp3) is 0.611. The maximum atomic E-state index is 12.7. The molecule has 2 amide bonds. The highest BCUT2D eigenvalue weighted by molar-refractivity contribution is 5.90. The van der Waals surface area contributed by atoms with Gasteiger partial charge in [0.1, 0.15) is 0 Å². The van der Waals surface area contributed by atoms with Gasteiger partial charge in [0.15, 0.2) is 5.82 Å². The third-order valence-electron chi connectivity index (χ3n) is 5.26. The lowest BCUT2D eigenvalue weighted by molar-refractivity contribution is -0.134. The van der Waals surface area contributed by atoms with Gasteiger partial charge in [-0.2, -0.15) is 5.10 Å². The van der Waals surface area contributed by atoms with E-state index in [1.54, 1.807) is 4.68 Å². The maximum absolute atomic E-state index is 12.7. The molecule has 2 aliphatic heterocycles. The van der Waals surface area contributed by atoms with Crippen LogP contribution in [0.2, 0.25) is 0 Å². The molecule has 1 fully saturated rings. The zero-order valence-corrected chi connectivity index (χ0v) is 16.5. The van der Waals surface area contributed by atoms with Gasteiger partial charge < -0.3 is 14.8 Å². The van der Waals surface area contributed by atoms with Gasteiger partial charge in [-0.15, -0.1) is 10.2 Å². The van der Waals surface area contributed by atoms with E-state index in [-0.39, 0.29) is 23.9 Å². The van der Waals surface area contributed by atoms with Crippen molar-refractivity contribution < 1.29 is 9.59 Å². The molecule has 28 heavy (non-hydrogen) atoms. The molecule has 10 heteroatoms. The lowest BCUT2D eigenvalue weighted by Crippen LogP contribution is -2.54. The van der Waals surface area contributed by atoms with E-state index in [0.717, 1.165) is 24.6 Å². The molecular formula is C18H26N8O2. The number of piperazine rings is 1. The second kappa shape index (κ2) is 7.34. The van der Waals surface area contributed by atoms with Crippen molar-refractivity contribution in [2.45, 2.75) is 38.9 Å². The van der Waals surface area contributed by atoms with Crippen LogP contribution in [0.3, 0.4) is 0 Å². The molecule has 1 saturated heterocycles. The predicted octanol–water partition coefficient (Wildman–Crippen LogP) is -0.409. The monoisotopic (exact) mass is 386 g/mol. The molecule has 0 unspecified atom stereocenters. The molecule has 150 valence electrons. The van der Waals surface area contributed by atoms with E-state index in [1.807, 2.05) is 42.6 Å². The summed E-state index contributed by atoms with van der Waals surface area (Å²) in [6, 6.07) is 1.86. The summed E-state index contributed by atoms with van der Waals surface area (Å²) in [5.74, 6) is 0.963. The van der Waals surface area contributed by atoms with E-state index in [1.165, 1.54) is 0 Å². The van der Waals surface area contributed by atoms with E-state index in [2.05, 4.69) is 25.5 Å². The van der Waals surface area contributed by atoms with Crippen LogP contribution in [0.25, 0.3) is 0 Å². The van der Waals surface area contributed by atoms with Gasteiger partial charge >= 0.3 is 0 Å². The number of carbonyl (C=O) groups excluding carboxylic acids is 2. The van der Waals surface area contributed by atoms with Crippen LogP contribution in [0, 0.1) is 0 Å². The Morgan fingerprint density at radius 3 is 2.71 bits per heavy atom. The molecule has 0 bridgehead atoms. The average Bonchev–Trinajstić information content (AvgIpc) is 3.26. The Bertz CT molecular complexity index is 886. The van der Waals surface area contributed by atoms with Gasteiger partial charge in [0.25, 0.3) is 5.91 Å². The Morgan fingerprint density at radius 2 is 2.00 bits per heavy atom. The minimum Gasteiger partial charge on any atom is -0.347 e. The highest BCUT2D eigenvalue weighted by Crippen LogP contribution is 2.28. The zero-order chi connectivity index (χ0) is 19.8. The van der Waals surface area contributed by atoms with Gasteiger partial charge in [0, 0.05) is 52.0 Å². The molecule has 0 saturated carbocycles. The minimum atomic E-state index is -0.207. The van der Waals surface area contributed by atoms with E-state index in [0.29, 0.717) is 31.9 Å². The maximum Gasteiger partial charge on any atom is 0.289 e. The van der Waals surface area contributed by atoms with Gasteiger partial charge in [-0.3, -0.25) is 19.2 Å². The van der Waals surface area contributed by atoms with Crippen molar-refractivity contribution >= 4 is 11.8 Å². The third kappa shape index (κ3) is 3.51. The molecule has 2 aromatic heterocycles. The number of rotatable bonds is 4. The fourth-order valence-corrected chi connectivity index (χ4v) is 3.89. The van der Waals surface area contributed by atoms with Crippen LogP contribution in [0.15, 0.2) is 12.3 Å². The van der Waals surface area contributed by atoms with Gasteiger partial charge in [-0.05, 0) is 19.9 Å². The van der Waals surface area contributed by atoms with Crippen LogP contribution in [-0.4, -0.2) is 78.4 Å². The quantitative estimate of drug-likeness (QED) is 0.767. The molecule has 0 aliphatic carbocycles. The van der Waals surface area contributed by atoms with Gasteiger partial charge in [-0.1, -0.05) is 0 Å². The van der Waals surface area contributed by atoms with Gasteiger partial charge in [-0.25, -0.2) is 0 Å². The summed E-state index contributed by atoms with van der Waals surface area (Å²) in [6.07, 6.45) is 2.14. The number of aromatic nitrogens is 5. The van der Waals surface area contributed by atoms with Crippen LogP contribution >= 0.6 is 0 Å². The summed E-state index contributed by atoms with van der Waals surface area (Å²) in [5.41, 5.74) is 0.773. The van der Waals surface area contributed by atoms with Gasteiger partial charge in [0.05, 0.1) is 18.2 Å². The minimum absolute atomic E-state index is 0.0370. The highest BCUT2D eigenvalue weighted by Gasteiger charge is 2.38. The smallest absolute Gasteiger partial charge is 0.289 e. The molecule has 0 radical (unpaired) electrons. The van der Waals surface area contributed by atoms with E-state index in [4.69, 9.17) is 0 Å². The number of hydrogen-bond acceptors (Lipinski definition) is 6. The summed E-state index contributed by atoms with van der Waals surface area (Å²) < 4.78 is 3.60. The zero-order valence-electron chi connectivity index (χ0n) is 16.5. The summed E-state index contributed by atoms with van der Waals surface area (Å²) in [6.45, 7) is 7.37. The van der Waals surface area contributed by atoms with E-state index in [9.17, 15) is 9.59 Å². The van der Waals surface area contributed by atoms with Crippen LogP contribution in [0.1, 0.15) is 42.0 Å². The summed E-state index contributed by atoms with van der Waals surface area (Å²) in [7, 11) is 1.84. The highest BCUT2D eigenvalue weighted by atomic mass is 16.2. The molecule has 0 aromatic carbocycles. The van der Waals surface area contributed by atoms with Crippen LogP contribution in [0.4, 0.5) is 0 Å². The Kier molecular flexibility index (Phi) is 4.88. The largest absolute Gasteiger partial charge is 0.347 e. The lowest BCUT2D eigenvalue weighted by Gasteiger charge is -2.43. The second-order valence-corrected chi connectivity index (χ2v) is 7.71.